The van der Waals surface area contributed by atoms with Gasteiger partial charge in [0, 0.05) is 23.1 Å². The van der Waals surface area contributed by atoms with Gasteiger partial charge in [0.2, 0.25) is 5.95 Å². The number of aromatic nitrogens is 5. The molecule has 0 aliphatic heterocycles. The number of halogens is 1. The molecular formula is C11H11BrN6. The topological polar surface area (TPSA) is 70.9 Å². The molecule has 18 heavy (non-hydrogen) atoms. The molecule has 92 valence electrons. The Kier molecular flexibility index (Phi) is 2.75. The van der Waals surface area contributed by atoms with Crippen LogP contribution < -0.4 is 5.32 Å². The van der Waals surface area contributed by atoms with Crippen LogP contribution in [0.5, 0.6) is 0 Å². The first-order valence-corrected chi connectivity index (χ1v) is 6.29. The normalized spacial score (nSPS) is 12.8. The maximum absolute atomic E-state index is 4.38. The lowest BCUT2D eigenvalue weighted by Crippen LogP contribution is -2.09. The summed E-state index contributed by atoms with van der Waals surface area (Å²) >= 11 is 3.40. The molecule has 0 fully saturated rings. The summed E-state index contributed by atoms with van der Waals surface area (Å²) in [6.07, 6.45) is 5.38. The zero-order valence-corrected chi connectivity index (χ0v) is 11.2. The molecule has 0 saturated heterocycles. The van der Waals surface area contributed by atoms with E-state index in [1.54, 1.807) is 16.9 Å². The molecule has 2 N–H and O–H groups in total. The van der Waals surface area contributed by atoms with E-state index < -0.39 is 0 Å². The van der Waals surface area contributed by atoms with Gasteiger partial charge < -0.3 is 10.3 Å². The standard InChI is InChI=1S/C11H11BrN6/c1-7(10-13-4-5-14-10)15-11-16-9-3-2-8(12)6-18(9)17-11/h2-7H,1H3,(H,13,14)(H,15,17). The van der Waals surface area contributed by atoms with E-state index in [9.17, 15) is 0 Å². The van der Waals surface area contributed by atoms with Gasteiger partial charge >= 0.3 is 0 Å². The van der Waals surface area contributed by atoms with Gasteiger partial charge in [-0.05, 0) is 35.0 Å². The fraction of sp³-hybridized carbons (Fsp3) is 0.182. The molecular weight excluding hydrogens is 296 g/mol. The molecule has 3 aromatic rings. The summed E-state index contributed by atoms with van der Waals surface area (Å²) in [6, 6.07) is 3.87. The van der Waals surface area contributed by atoms with Gasteiger partial charge in [0.05, 0.1) is 6.04 Å². The van der Waals surface area contributed by atoms with Gasteiger partial charge in [0.25, 0.3) is 0 Å². The van der Waals surface area contributed by atoms with Crippen LogP contribution in [0.1, 0.15) is 18.8 Å². The van der Waals surface area contributed by atoms with Crippen molar-refractivity contribution in [2.75, 3.05) is 5.32 Å². The molecule has 0 bridgehead atoms. The summed E-state index contributed by atoms with van der Waals surface area (Å²) in [6.45, 7) is 2.00. The summed E-state index contributed by atoms with van der Waals surface area (Å²) < 4.78 is 2.69. The van der Waals surface area contributed by atoms with E-state index in [0.717, 1.165) is 15.9 Å². The number of aromatic amines is 1. The number of nitrogens with one attached hydrogen (secondary N) is 2. The molecule has 0 radical (unpaired) electrons. The predicted octanol–water partition coefficient (Wildman–Crippen LogP) is 2.39. The highest BCUT2D eigenvalue weighted by molar-refractivity contribution is 9.10. The molecule has 0 aliphatic carbocycles. The van der Waals surface area contributed by atoms with Crippen molar-refractivity contribution in [2.45, 2.75) is 13.0 Å². The Morgan fingerprint density at radius 3 is 3.11 bits per heavy atom. The number of hydrogen-bond acceptors (Lipinski definition) is 4. The minimum Gasteiger partial charge on any atom is -0.347 e. The highest BCUT2D eigenvalue weighted by Crippen LogP contribution is 2.15. The Balaban J connectivity index is 1.86. The molecule has 6 nitrogen and oxygen atoms in total. The van der Waals surface area contributed by atoms with E-state index in [1.165, 1.54) is 0 Å². The minimum absolute atomic E-state index is 0.0286. The number of fused-ring (bicyclic) bond motifs is 1. The maximum atomic E-state index is 4.38. The van der Waals surface area contributed by atoms with Crippen LogP contribution in [0.2, 0.25) is 0 Å². The molecule has 0 spiro atoms. The summed E-state index contributed by atoms with van der Waals surface area (Å²) in [7, 11) is 0. The van der Waals surface area contributed by atoms with Crippen LogP contribution in [-0.2, 0) is 0 Å². The molecule has 3 heterocycles. The molecule has 0 aromatic carbocycles. The van der Waals surface area contributed by atoms with Gasteiger partial charge in [-0.1, -0.05) is 0 Å². The molecule has 7 heteroatoms. The van der Waals surface area contributed by atoms with Crippen molar-refractivity contribution in [3.63, 3.8) is 0 Å². The fourth-order valence-corrected chi connectivity index (χ4v) is 2.02. The summed E-state index contributed by atoms with van der Waals surface area (Å²) in [5, 5.41) is 7.55. The lowest BCUT2D eigenvalue weighted by Gasteiger charge is -2.08. The van der Waals surface area contributed by atoms with Crippen LogP contribution in [0.15, 0.2) is 35.2 Å². The predicted molar refractivity (Wildman–Crippen MR) is 71.3 cm³/mol. The molecule has 1 atom stereocenters. The Bertz CT molecular complexity index is 659. The Morgan fingerprint density at radius 1 is 1.44 bits per heavy atom. The van der Waals surface area contributed by atoms with Gasteiger partial charge in [-0.15, -0.1) is 5.10 Å². The zero-order valence-electron chi connectivity index (χ0n) is 9.63. The van der Waals surface area contributed by atoms with Crippen LogP contribution in [0.25, 0.3) is 5.65 Å². The number of rotatable bonds is 3. The van der Waals surface area contributed by atoms with Crippen LogP contribution in [0.4, 0.5) is 5.95 Å². The lowest BCUT2D eigenvalue weighted by molar-refractivity contribution is 0.793. The third kappa shape index (κ3) is 2.08. The van der Waals surface area contributed by atoms with Crippen LogP contribution in [0.3, 0.4) is 0 Å². The SMILES string of the molecule is CC(Nc1nc2ccc(Br)cn2n1)c1ncc[nH]1. The van der Waals surface area contributed by atoms with Crippen molar-refractivity contribution in [3.8, 4) is 0 Å². The molecule has 1 unspecified atom stereocenters. The number of nitrogens with zero attached hydrogens (tertiary/aromatic N) is 4. The van der Waals surface area contributed by atoms with Crippen molar-refractivity contribution >= 4 is 27.5 Å². The van der Waals surface area contributed by atoms with Crippen molar-refractivity contribution in [2.24, 2.45) is 0 Å². The summed E-state index contributed by atoms with van der Waals surface area (Å²) in [5.74, 6) is 1.44. The lowest BCUT2D eigenvalue weighted by atomic mass is 10.3. The second kappa shape index (κ2) is 4.41. The smallest absolute Gasteiger partial charge is 0.243 e. The van der Waals surface area contributed by atoms with Gasteiger partial charge in [-0.3, -0.25) is 0 Å². The van der Waals surface area contributed by atoms with E-state index in [4.69, 9.17) is 0 Å². The van der Waals surface area contributed by atoms with Gasteiger partial charge in [0.15, 0.2) is 5.65 Å². The van der Waals surface area contributed by atoms with Crippen molar-refractivity contribution in [1.82, 2.24) is 24.6 Å². The first-order valence-electron chi connectivity index (χ1n) is 5.50. The molecule has 3 aromatic heterocycles. The van der Waals surface area contributed by atoms with Crippen molar-refractivity contribution in [1.29, 1.82) is 0 Å². The third-order valence-electron chi connectivity index (χ3n) is 2.57. The van der Waals surface area contributed by atoms with Crippen molar-refractivity contribution in [3.05, 3.63) is 41.0 Å². The molecule has 3 rings (SSSR count). The van der Waals surface area contributed by atoms with Gasteiger partial charge in [-0.25, -0.2) is 9.50 Å². The van der Waals surface area contributed by atoms with E-state index in [0.29, 0.717) is 5.95 Å². The Morgan fingerprint density at radius 2 is 2.33 bits per heavy atom. The first kappa shape index (κ1) is 11.2. The molecule has 0 amide bonds. The van der Waals surface area contributed by atoms with E-state index in [-0.39, 0.29) is 6.04 Å². The minimum atomic E-state index is 0.0286. The summed E-state index contributed by atoms with van der Waals surface area (Å²) in [4.78, 5) is 11.6. The zero-order chi connectivity index (χ0) is 12.5. The maximum Gasteiger partial charge on any atom is 0.243 e. The molecule has 0 saturated carbocycles. The summed E-state index contributed by atoms with van der Waals surface area (Å²) in [5.41, 5.74) is 0.798. The average molecular weight is 307 g/mol. The second-order valence-corrected chi connectivity index (χ2v) is 4.84. The van der Waals surface area contributed by atoms with Crippen molar-refractivity contribution < 1.29 is 0 Å². The van der Waals surface area contributed by atoms with Crippen LogP contribution >= 0.6 is 15.9 Å². The van der Waals surface area contributed by atoms with E-state index in [2.05, 4.69) is 41.3 Å². The Hall–Kier alpha value is -1.89. The number of anilines is 1. The first-order chi connectivity index (χ1) is 8.72. The van der Waals surface area contributed by atoms with E-state index >= 15 is 0 Å². The second-order valence-electron chi connectivity index (χ2n) is 3.93. The number of hydrogen-bond donors (Lipinski definition) is 2. The largest absolute Gasteiger partial charge is 0.347 e. The monoisotopic (exact) mass is 306 g/mol. The van der Waals surface area contributed by atoms with E-state index in [1.807, 2.05) is 25.3 Å². The molecule has 0 aliphatic rings. The van der Waals surface area contributed by atoms with Crippen LogP contribution in [-0.4, -0.2) is 24.6 Å². The number of H-pyrrole nitrogens is 1. The average Bonchev–Trinajstić information content (AvgIpc) is 2.95. The van der Waals surface area contributed by atoms with Gasteiger partial charge in [0.1, 0.15) is 5.82 Å². The third-order valence-corrected chi connectivity index (χ3v) is 3.04. The highest BCUT2D eigenvalue weighted by atomic mass is 79.9. The van der Waals surface area contributed by atoms with Crippen LogP contribution in [0, 0.1) is 0 Å². The highest BCUT2D eigenvalue weighted by Gasteiger charge is 2.10. The van der Waals surface area contributed by atoms with Gasteiger partial charge in [-0.2, -0.15) is 4.98 Å². The fourth-order valence-electron chi connectivity index (χ4n) is 1.70. The number of imidazole rings is 1. The Labute approximate surface area is 112 Å². The quantitative estimate of drug-likeness (QED) is 0.779. The number of pyridine rings is 1.